The summed E-state index contributed by atoms with van der Waals surface area (Å²) >= 11 is 4.75. The third kappa shape index (κ3) is 3.81. The van der Waals surface area contributed by atoms with Crippen molar-refractivity contribution in [3.05, 3.63) is 28.7 Å². The highest BCUT2D eigenvalue weighted by atomic mass is 79.9. The van der Waals surface area contributed by atoms with Gasteiger partial charge in [0, 0.05) is 15.1 Å². The highest BCUT2D eigenvalue weighted by Crippen LogP contribution is 2.24. The van der Waals surface area contributed by atoms with Crippen molar-refractivity contribution >= 4 is 33.7 Å². The van der Waals surface area contributed by atoms with Crippen molar-refractivity contribution in [2.75, 3.05) is 12.9 Å². The number of hydrogen-bond acceptors (Lipinski definition) is 4. The summed E-state index contributed by atoms with van der Waals surface area (Å²) in [7, 11) is 1.26. The molecule has 5 heteroatoms. The first kappa shape index (κ1) is 13.5. The van der Waals surface area contributed by atoms with Crippen LogP contribution in [0.2, 0.25) is 0 Å². The van der Waals surface area contributed by atoms with Crippen molar-refractivity contribution in [3.63, 3.8) is 0 Å². The fraction of sp³-hybridized carbons (Fsp3) is 0.364. The molecule has 0 radical (unpaired) electrons. The molecular weight excluding hydrogens is 292 g/mol. The van der Waals surface area contributed by atoms with Gasteiger partial charge in [0.15, 0.2) is 5.60 Å². The quantitative estimate of drug-likeness (QED) is 0.686. The Hall–Kier alpha value is -0.520. The minimum absolute atomic E-state index is 0.265. The Kier molecular flexibility index (Phi) is 4.83. The molecule has 0 aliphatic heterocycles. The Labute approximate surface area is 107 Å². The predicted octanol–water partition coefficient (Wildman–Crippen LogP) is 2.47. The number of hydrogen-bond donors (Lipinski definition) is 1. The molecule has 0 saturated carbocycles. The van der Waals surface area contributed by atoms with Crippen molar-refractivity contribution in [2.24, 2.45) is 0 Å². The Bertz CT molecular complexity index is 362. The number of ether oxygens (including phenoxy) is 1. The third-order valence-corrected chi connectivity index (χ3v) is 3.80. The first-order chi connectivity index (χ1) is 7.45. The van der Waals surface area contributed by atoms with Gasteiger partial charge in [-0.25, -0.2) is 4.79 Å². The Balaban J connectivity index is 2.57. The molecule has 88 valence electrons. The molecule has 1 rings (SSSR count). The summed E-state index contributed by atoms with van der Waals surface area (Å²) in [4.78, 5) is 12.2. The van der Waals surface area contributed by atoms with Crippen LogP contribution in [0.4, 0.5) is 0 Å². The van der Waals surface area contributed by atoms with Crippen LogP contribution in [-0.4, -0.2) is 29.5 Å². The van der Waals surface area contributed by atoms with Crippen LogP contribution in [0, 0.1) is 0 Å². The molecule has 0 bridgehead atoms. The van der Waals surface area contributed by atoms with Gasteiger partial charge in [-0.1, -0.05) is 15.9 Å². The molecule has 0 fully saturated rings. The van der Waals surface area contributed by atoms with E-state index >= 15 is 0 Å². The number of benzene rings is 1. The Morgan fingerprint density at radius 2 is 2.06 bits per heavy atom. The zero-order valence-electron chi connectivity index (χ0n) is 9.07. The van der Waals surface area contributed by atoms with Crippen LogP contribution in [0.25, 0.3) is 0 Å². The molecule has 0 aliphatic carbocycles. The molecule has 0 heterocycles. The van der Waals surface area contributed by atoms with Gasteiger partial charge in [0.2, 0.25) is 0 Å². The van der Waals surface area contributed by atoms with Crippen LogP contribution in [0.15, 0.2) is 33.6 Å². The van der Waals surface area contributed by atoms with Gasteiger partial charge in [-0.05, 0) is 31.2 Å². The van der Waals surface area contributed by atoms with Crippen LogP contribution in [0.5, 0.6) is 0 Å². The van der Waals surface area contributed by atoms with E-state index in [1.807, 2.05) is 24.3 Å². The number of halogens is 1. The number of thioether (sulfide) groups is 1. The van der Waals surface area contributed by atoms with Gasteiger partial charge in [-0.3, -0.25) is 0 Å². The largest absolute Gasteiger partial charge is 0.467 e. The van der Waals surface area contributed by atoms with Crippen LogP contribution in [-0.2, 0) is 9.53 Å². The Morgan fingerprint density at radius 1 is 1.50 bits per heavy atom. The minimum atomic E-state index is -1.45. The van der Waals surface area contributed by atoms with E-state index in [0.29, 0.717) is 0 Å². The lowest BCUT2D eigenvalue weighted by molar-refractivity contribution is -0.158. The second-order valence-corrected chi connectivity index (χ2v) is 5.47. The molecular formula is C11H13BrO3S. The van der Waals surface area contributed by atoms with Crippen molar-refractivity contribution in [1.82, 2.24) is 0 Å². The lowest BCUT2D eigenvalue weighted by Gasteiger charge is -2.19. The van der Waals surface area contributed by atoms with Crippen LogP contribution in [0.1, 0.15) is 6.92 Å². The third-order valence-electron chi connectivity index (χ3n) is 1.96. The number of aliphatic hydroxyl groups is 1. The van der Waals surface area contributed by atoms with E-state index < -0.39 is 11.6 Å². The number of rotatable bonds is 4. The lowest BCUT2D eigenvalue weighted by Crippen LogP contribution is -2.38. The first-order valence-electron chi connectivity index (χ1n) is 4.65. The molecule has 1 unspecified atom stereocenters. The van der Waals surface area contributed by atoms with E-state index in [4.69, 9.17) is 0 Å². The second kappa shape index (κ2) is 5.70. The molecule has 1 aromatic carbocycles. The first-order valence-corrected chi connectivity index (χ1v) is 6.43. The Morgan fingerprint density at radius 3 is 2.56 bits per heavy atom. The summed E-state index contributed by atoms with van der Waals surface area (Å²) in [6.45, 7) is 1.45. The van der Waals surface area contributed by atoms with Gasteiger partial charge in [-0.15, -0.1) is 11.8 Å². The standard InChI is InChI=1S/C11H13BrO3S/c1-11(14,10(13)15-2)7-16-9-5-3-8(12)4-6-9/h3-6,14H,7H2,1-2H3. The SMILES string of the molecule is COC(=O)C(C)(O)CSc1ccc(Br)cc1. The average molecular weight is 305 g/mol. The van der Waals surface area contributed by atoms with Crippen molar-refractivity contribution in [3.8, 4) is 0 Å². The van der Waals surface area contributed by atoms with Gasteiger partial charge in [-0.2, -0.15) is 0 Å². The van der Waals surface area contributed by atoms with Gasteiger partial charge in [0.1, 0.15) is 0 Å². The number of carbonyl (C=O) groups is 1. The van der Waals surface area contributed by atoms with Crippen LogP contribution < -0.4 is 0 Å². The zero-order valence-corrected chi connectivity index (χ0v) is 11.5. The van der Waals surface area contributed by atoms with Crippen molar-refractivity contribution < 1.29 is 14.6 Å². The summed E-state index contributed by atoms with van der Waals surface area (Å²) in [5.74, 6) is -0.349. The van der Waals surface area contributed by atoms with Crippen molar-refractivity contribution in [1.29, 1.82) is 0 Å². The molecule has 0 amide bonds. The maximum atomic E-state index is 11.2. The van der Waals surface area contributed by atoms with Crippen LogP contribution >= 0.6 is 27.7 Å². The predicted molar refractivity (Wildman–Crippen MR) is 67.5 cm³/mol. The van der Waals surface area contributed by atoms with Gasteiger partial charge < -0.3 is 9.84 Å². The highest BCUT2D eigenvalue weighted by Gasteiger charge is 2.31. The molecule has 0 saturated heterocycles. The van der Waals surface area contributed by atoms with Crippen LogP contribution in [0.3, 0.4) is 0 Å². The molecule has 1 aromatic rings. The molecule has 3 nitrogen and oxygen atoms in total. The van der Waals surface area contributed by atoms with Crippen molar-refractivity contribution in [2.45, 2.75) is 17.4 Å². The van der Waals surface area contributed by atoms with E-state index in [9.17, 15) is 9.90 Å². The molecule has 1 atom stereocenters. The molecule has 0 aromatic heterocycles. The average Bonchev–Trinajstić information content (AvgIpc) is 2.27. The molecule has 16 heavy (non-hydrogen) atoms. The smallest absolute Gasteiger partial charge is 0.338 e. The fourth-order valence-electron chi connectivity index (χ4n) is 1.03. The van der Waals surface area contributed by atoms with Gasteiger partial charge in [0.25, 0.3) is 0 Å². The number of carbonyl (C=O) groups excluding carboxylic acids is 1. The highest BCUT2D eigenvalue weighted by molar-refractivity contribution is 9.10. The van der Waals surface area contributed by atoms with Gasteiger partial charge in [0.05, 0.1) is 7.11 Å². The van der Waals surface area contributed by atoms with E-state index in [1.165, 1.54) is 25.8 Å². The minimum Gasteiger partial charge on any atom is -0.467 e. The zero-order chi connectivity index (χ0) is 12.2. The monoisotopic (exact) mass is 304 g/mol. The maximum Gasteiger partial charge on any atom is 0.338 e. The van der Waals surface area contributed by atoms with E-state index in [1.54, 1.807) is 0 Å². The summed E-state index contributed by atoms with van der Waals surface area (Å²) in [5.41, 5.74) is -1.45. The normalized spacial score (nSPS) is 14.2. The summed E-state index contributed by atoms with van der Waals surface area (Å²) in [6.07, 6.45) is 0. The fourth-order valence-corrected chi connectivity index (χ4v) is 2.19. The topological polar surface area (TPSA) is 46.5 Å². The summed E-state index contributed by atoms with van der Waals surface area (Å²) in [6, 6.07) is 7.66. The van der Waals surface area contributed by atoms with E-state index in [0.717, 1.165) is 9.37 Å². The lowest BCUT2D eigenvalue weighted by atomic mass is 10.1. The molecule has 0 spiro atoms. The summed E-state index contributed by atoms with van der Waals surface area (Å²) in [5, 5.41) is 9.79. The summed E-state index contributed by atoms with van der Waals surface area (Å²) < 4.78 is 5.51. The molecule has 0 aliphatic rings. The second-order valence-electron chi connectivity index (χ2n) is 3.51. The number of esters is 1. The molecule has 1 N–H and O–H groups in total. The van der Waals surface area contributed by atoms with E-state index in [-0.39, 0.29) is 5.75 Å². The van der Waals surface area contributed by atoms with E-state index in [2.05, 4.69) is 20.7 Å². The number of methoxy groups -OCH3 is 1. The maximum absolute atomic E-state index is 11.2. The van der Waals surface area contributed by atoms with Gasteiger partial charge >= 0.3 is 5.97 Å².